The Morgan fingerprint density at radius 1 is 1.54 bits per heavy atom. The van der Waals surface area contributed by atoms with Crippen molar-refractivity contribution in [2.75, 3.05) is 0 Å². The summed E-state index contributed by atoms with van der Waals surface area (Å²) in [6.07, 6.45) is 3.31. The fraction of sp³-hybridized carbons (Fsp3) is 0.636. The molecule has 0 aromatic carbocycles. The molecule has 0 saturated heterocycles. The highest BCUT2D eigenvalue weighted by molar-refractivity contribution is 5.17. The summed E-state index contributed by atoms with van der Waals surface area (Å²) in [5.74, 6) is 0.996. The number of rotatable bonds is 4. The quantitative estimate of drug-likeness (QED) is 0.776. The normalized spacial score (nSPS) is 15.7. The van der Waals surface area contributed by atoms with Crippen LogP contribution in [0.5, 0.6) is 0 Å². The number of aryl methyl sites for hydroxylation is 1. The van der Waals surface area contributed by atoms with Crippen molar-refractivity contribution in [1.82, 2.24) is 0 Å². The molecule has 0 saturated carbocycles. The molecule has 0 aliphatic heterocycles. The predicted octanol–water partition coefficient (Wildman–Crippen LogP) is 3.06. The molecule has 1 heterocycles. The van der Waals surface area contributed by atoms with E-state index < -0.39 is 6.10 Å². The van der Waals surface area contributed by atoms with Crippen LogP contribution in [-0.2, 0) is 0 Å². The molecular formula is C11H18O2. The second kappa shape index (κ2) is 4.47. The molecule has 0 spiro atoms. The van der Waals surface area contributed by atoms with Gasteiger partial charge in [-0.15, -0.1) is 0 Å². The predicted molar refractivity (Wildman–Crippen MR) is 52.5 cm³/mol. The lowest BCUT2D eigenvalue weighted by Gasteiger charge is -2.16. The number of furan rings is 1. The molecule has 0 amide bonds. The van der Waals surface area contributed by atoms with E-state index >= 15 is 0 Å². The maximum absolute atomic E-state index is 9.90. The first kappa shape index (κ1) is 10.3. The SMILES string of the molecule is CCCC(C)C(O)c1occc1C. The zero-order chi connectivity index (χ0) is 9.84. The van der Waals surface area contributed by atoms with Crippen molar-refractivity contribution in [3.05, 3.63) is 23.7 Å². The van der Waals surface area contributed by atoms with E-state index in [2.05, 4.69) is 13.8 Å². The Morgan fingerprint density at radius 3 is 2.69 bits per heavy atom. The van der Waals surface area contributed by atoms with E-state index in [1.807, 2.05) is 13.0 Å². The van der Waals surface area contributed by atoms with Crippen molar-refractivity contribution in [2.24, 2.45) is 5.92 Å². The van der Waals surface area contributed by atoms with Crippen LogP contribution in [0.3, 0.4) is 0 Å². The van der Waals surface area contributed by atoms with Gasteiger partial charge in [-0.1, -0.05) is 20.3 Å². The van der Waals surface area contributed by atoms with Gasteiger partial charge in [0.15, 0.2) is 0 Å². The molecule has 0 aliphatic rings. The second-order valence-electron chi connectivity index (χ2n) is 3.68. The Labute approximate surface area is 79.6 Å². The summed E-state index contributed by atoms with van der Waals surface area (Å²) in [6, 6.07) is 1.89. The molecule has 0 aliphatic carbocycles. The van der Waals surface area contributed by atoms with Gasteiger partial charge in [0.05, 0.1) is 6.26 Å². The first-order valence-corrected chi connectivity index (χ1v) is 4.88. The van der Waals surface area contributed by atoms with Crippen LogP contribution in [0.2, 0.25) is 0 Å². The van der Waals surface area contributed by atoms with Gasteiger partial charge in [-0.3, -0.25) is 0 Å². The van der Waals surface area contributed by atoms with Crippen LogP contribution >= 0.6 is 0 Å². The van der Waals surface area contributed by atoms with Crippen molar-refractivity contribution < 1.29 is 9.52 Å². The summed E-state index contributed by atoms with van der Waals surface area (Å²) in [4.78, 5) is 0. The summed E-state index contributed by atoms with van der Waals surface area (Å²) >= 11 is 0. The van der Waals surface area contributed by atoms with Crippen molar-refractivity contribution >= 4 is 0 Å². The highest BCUT2D eigenvalue weighted by Crippen LogP contribution is 2.27. The molecular weight excluding hydrogens is 164 g/mol. The largest absolute Gasteiger partial charge is 0.466 e. The van der Waals surface area contributed by atoms with E-state index in [9.17, 15) is 5.11 Å². The fourth-order valence-electron chi connectivity index (χ4n) is 1.56. The van der Waals surface area contributed by atoms with Gasteiger partial charge in [-0.25, -0.2) is 0 Å². The lowest BCUT2D eigenvalue weighted by atomic mass is 9.96. The van der Waals surface area contributed by atoms with Gasteiger partial charge >= 0.3 is 0 Å². The minimum Gasteiger partial charge on any atom is -0.466 e. The summed E-state index contributed by atoms with van der Waals surface area (Å²) < 4.78 is 5.24. The van der Waals surface area contributed by atoms with Gasteiger partial charge in [-0.2, -0.15) is 0 Å². The molecule has 1 aromatic rings. The monoisotopic (exact) mass is 182 g/mol. The summed E-state index contributed by atoms with van der Waals surface area (Å²) in [6.45, 7) is 6.13. The van der Waals surface area contributed by atoms with Gasteiger partial charge in [0.2, 0.25) is 0 Å². The Balaban J connectivity index is 2.67. The first-order valence-electron chi connectivity index (χ1n) is 4.88. The van der Waals surface area contributed by atoms with E-state index in [0.29, 0.717) is 0 Å². The number of hydrogen-bond acceptors (Lipinski definition) is 2. The summed E-state index contributed by atoms with van der Waals surface area (Å²) in [7, 11) is 0. The third kappa shape index (κ3) is 2.34. The van der Waals surface area contributed by atoms with Gasteiger partial charge in [0.25, 0.3) is 0 Å². The van der Waals surface area contributed by atoms with Crippen molar-refractivity contribution in [2.45, 2.75) is 39.7 Å². The Hall–Kier alpha value is -0.760. The molecule has 13 heavy (non-hydrogen) atoms. The van der Waals surface area contributed by atoms with Crippen molar-refractivity contribution in [3.8, 4) is 0 Å². The van der Waals surface area contributed by atoms with E-state index in [4.69, 9.17) is 4.42 Å². The van der Waals surface area contributed by atoms with Crippen LogP contribution in [0.25, 0.3) is 0 Å². The molecule has 0 fully saturated rings. The zero-order valence-electron chi connectivity index (χ0n) is 8.58. The maximum atomic E-state index is 9.90. The summed E-state index contributed by atoms with van der Waals surface area (Å²) in [5, 5.41) is 9.90. The third-order valence-electron chi connectivity index (χ3n) is 2.45. The van der Waals surface area contributed by atoms with E-state index in [0.717, 1.165) is 24.2 Å². The fourth-order valence-corrected chi connectivity index (χ4v) is 1.56. The van der Waals surface area contributed by atoms with E-state index in [-0.39, 0.29) is 5.92 Å². The van der Waals surface area contributed by atoms with Crippen LogP contribution in [0.1, 0.15) is 44.1 Å². The topological polar surface area (TPSA) is 33.4 Å². The van der Waals surface area contributed by atoms with E-state index in [1.54, 1.807) is 6.26 Å². The van der Waals surface area contributed by atoms with E-state index in [1.165, 1.54) is 0 Å². The van der Waals surface area contributed by atoms with Crippen LogP contribution < -0.4 is 0 Å². The first-order chi connectivity index (χ1) is 6.16. The zero-order valence-corrected chi connectivity index (χ0v) is 8.58. The van der Waals surface area contributed by atoms with Gasteiger partial charge < -0.3 is 9.52 Å². The van der Waals surface area contributed by atoms with Crippen LogP contribution in [0.15, 0.2) is 16.7 Å². The van der Waals surface area contributed by atoms with Gasteiger partial charge in [-0.05, 0) is 30.9 Å². The molecule has 2 unspecified atom stereocenters. The third-order valence-corrected chi connectivity index (χ3v) is 2.45. The van der Waals surface area contributed by atoms with Crippen molar-refractivity contribution in [1.29, 1.82) is 0 Å². The highest BCUT2D eigenvalue weighted by Gasteiger charge is 2.19. The summed E-state index contributed by atoms with van der Waals surface area (Å²) in [5.41, 5.74) is 1.04. The number of aliphatic hydroxyl groups excluding tert-OH is 1. The standard InChI is InChI=1S/C11H18O2/c1-4-5-8(2)10(12)11-9(3)6-7-13-11/h6-8,10,12H,4-5H2,1-3H3. The molecule has 74 valence electrons. The Morgan fingerprint density at radius 2 is 2.23 bits per heavy atom. The molecule has 1 rings (SSSR count). The van der Waals surface area contributed by atoms with Gasteiger partial charge in [0, 0.05) is 0 Å². The lowest BCUT2D eigenvalue weighted by molar-refractivity contribution is 0.0887. The molecule has 2 nitrogen and oxygen atoms in total. The highest BCUT2D eigenvalue weighted by atomic mass is 16.4. The minimum atomic E-state index is -0.449. The molecule has 2 atom stereocenters. The molecule has 1 aromatic heterocycles. The number of hydrogen-bond donors (Lipinski definition) is 1. The average molecular weight is 182 g/mol. The lowest BCUT2D eigenvalue weighted by Crippen LogP contribution is -2.08. The molecule has 2 heteroatoms. The van der Waals surface area contributed by atoms with Gasteiger partial charge in [0.1, 0.15) is 11.9 Å². The van der Waals surface area contributed by atoms with Crippen LogP contribution in [0, 0.1) is 12.8 Å². The minimum absolute atomic E-state index is 0.273. The molecule has 0 bridgehead atoms. The molecule has 0 radical (unpaired) electrons. The Kier molecular flexibility index (Phi) is 3.55. The average Bonchev–Trinajstić information content (AvgIpc) is 2.50. The van der Waals surface area contributed by atoms with Crippen LogP contribution in [-0.4, -0.2) is 5.11 Å². The van der Waals surface area contributed by atoms with Crippen LogP contribution in [0.4, 0.5) is 0 Å². The van der Waals surface area contributed by atoms with Crippen molar-refractivity contribution in [3.63, 3.8) is 0 Å². The Bertz CT molecular complexity index is 252. The second-order valence-corrected chi connectivity index (χ2v) is 3.68. The molecule has 1 N–H and O–H groups in total. The smallest absolute Gasteiger partial charge is 0.135 e. The number of aliphatic hydroxyl groups is 1. The maximum Gasteiger partial charge on any atom is 0.135 e.